The fourth-order valence-corrected chi connectivity index (χ4v) is 2.94. The van der Waals surface area contributed by atoms with Crippen LogP contribution >= 0.6 is 11.3 Å². The molecule has 1 N–H and O–H groups in total. The van der Waals surface area contributed by atoms with Crippen molar-refractivity contribution >= 4 is 17.3 Å². The van der Waals surface area contributed by atoms with E-state index in [-0.39, 0.29) is 0 Å². The van der Waals surface area contributed by atoms with Crippen molar-refractivity contribution in [3.63, 3.8) is 0 Å². The van der Waals surface area contributed by atoms with Crippen molar-refractivity contribution in [2.75, 3.05) is 33.2 Å². The molecule has 126 valence electrons. The number of thiazole rings is 1. The highest BCUT2D eigenvalue weighted by Crippen LogP contribution is 2.09. The molecule has 0 aliphatic heterocycles. The van der Waals surface area contributed by atoms with Crippen molar-refractivity contribution in [3.8, 4) is 0 Å². The molecule has 0 fully saturated rings. The summed E-state index contributed by atoms with van der Waals surface area (Å²) >= 11 is 1.69. The number of aryl methyl sites for hydroxylation is 1. The molecule has 6 heteroatoms. The first-order valence-electron chi connectivity index (χ1n) is 8.12. The monoisotopic (exact) mass is 325 g/mol. The predicted molar refractivity (Wildman–Crippen MR) is 96.7 cm³/mol. The van der Waals surface area contributed by atoms with Crippen LogP contribution in [0.5, 0.6) is 0 Å². The van der Waals surface area contributed by atoms with Crippen molar-refractivity contribution in [1.29, 1.82) is 0 Å². The predicted octanol–water partition coefficient (Wildman–Crippen LogP) is 2.58. The van der Waals surface area contributed by atoms with Gasteiger partial charge in [0.15, 0.2) is 5.96 Å². The Balaban J connectivity index is 2.60. The molecule has 22 heavy (non-hydrogen) atoms. The van der Waals surface area contributed by atoms with Gasteiger partial charge >= 0.3 is 0 Å². The van der Waals surface area contributed by atoms with E-state index in [1.807, 2.05) is 6.92 Å². The molecule has 0 amide bonds. The zero-order valence-corrected chi connectivity index (χ0v) is 15.7. The number of nitrogens with one attached hydrogen (secondary N) is 1. The van der Waals surface area contributed by atoms with E-state index in [1.54, 1.807) is 11.3 Å². The minimum absolute atomic E-state index is 0.568. The quantitative estimate of drug-likeness (QED) is 0.589. The van der Waals surface area contributed by atoms with Gasteiger partial charge in [-0.15, -0.1) is 11.3 Å². The number of rotatable bonds is 8. The summed E-state index contributed by atoms with van der Waals surface area (Å²) in [6, 6.07) is 0.568. The Labute approximate surface area is 139 Å². The summed E-state index contributed by atoms with van der Waals surface area (Å²) in [5.74, 6) is 0.952. The van der Waals surface area contributed by atoms with E-state index >= 15 is 0 Å². The maximum absolute atomic E-state index is 4.75. The number of guanidine groups is 1. The van der Waals surface area contributed by atoms with Gasteiger partial charge in [-0.1, -0.05) is 6.92 Å². The van der Waals surface area contributed by atoms with E-state index in [9.17, 15) is 0 Å². The Morgan fingerprint density at radius 1 is 1.41 bits per heavy atom. The third-order valence-corrected chi connectivity index (χ3v) is 4.37. The molecular weight excluding hydrogens is 294 g/mol. The van der Waals surface area contributed by atoms with Crippen molar-refractivity contribution in [1.82, 2.24) is 20.1 Å². The lowest BCUT2D eigenvalue weighted by atomic mass is 10.3. The molecule has 0 aromatic carbocycles. The van der Waals surface area contributed by atoms with Crippen LogP contribution in [0.1, 0.15) is 38.4 Å². The van der Waals surface area contributed by atoms with Gasteiger partial charge < -0.3 is 10.2 Å². The van der Waals surface area contributed by atoms with Crippen LogP contribution in [0.2, 0.25) is 0 Å². The lowest BCUT2D eigenvalue weighted by Gasteiger charge is -2.25. The molecule has 0 unspecified atom stereocenters. The second-order valence-electron chi connectivity index (χ2n) is 5.67. The summed E-state index contributed by atoms with van der Waals surface area (Å²) in [5, 5.41) is 6.59. The van der Waals surface area contributed by atoms with Gasteiger partial charge in [-0.3, -0.25) is 9.89 Å². The summed E-state index contributed by atoms with van der Waals surface area (Å²) < 4.78 is 0. The van der Waals surface area contributed by atoms with Crippen molar-refractivity contribution in [3.05, 3.63) is 16.1 Å². The molecule has 1 aromatic heterocycles. The molecule has 0 saturated carbocycles. The third-order valence-electron chi connectivity index (χ3n) is 3.55. The highest BCUT2D eigenvalue weighted by Gasteiger charge is 2.10. The van der Waals surface area contributed by atoms with Crippen molar-refractivity contribution < 1.29 is 0 Å². The molecule has 5 nitrogen and oxygen atoms in total. The molecule has 1 rings (SSSR count). The summed E-state index contributed by atoms with van der Waals surface area (Å²) in [6.45, 7) is 15.3. The maximum Gasteiger partial charge on any atom is 0.194 e. The number of nitrogens with zero attached hydrogens (tertiary/aromatic N) is 4. The van der Waals surface area contributed by atoms with Crippen LogP contribution in [0.15, 0.2) is 10.4 Å². The van der Waals surface area contributed by atoms with Crippen LogP contribution in [0.3, 0.4) is 0 Å². The third kappa shape index (κ3) is 6.32. The lowest BCUT2D eigenvalue weighted by Crippen LogP contribution is -2.39. The van der Waals surface area contributed by atoms with Crippen LogP contribution in [0.25, 0.3) is 0 Å². The standard InChI is InChI=1S/C16H31N5S/c1-7-17-16(18-9-10-21(8-2)13(3)4)20(6)11-15-12-22-14(5)19-15/h12-13H,7-11H2,1-6H3,(H,17,18). The van der Waals surface area contributed by atoms with Crippen LogP contribution in [-0.2, 0) is 6.54 Å². The molecule has 0 saturated heterocycles. The van der Waals surface area contributed by atoms with Gasteiger partial charge in [0, 0.05) is 31.6 Å². The van der Waals surface area contributed by atoms with Gasteiger partial charge in [-0.25, -0.2) is 4.98 Å². The van der Waals surface area contributed by atoms with E-state index < -0.39 is 0 Å². The Hall–Kier alpha value is -1.14. The topological polar surface area (TPSA) is 43.8 Å². The molecule has 1 aromatic rings. The van der Waals surface area contributed by atoms with E-state index in [2.05, 4.69) is 60.2 Å². The molecule has 0 bridgehead atoms. The Morgan fingerprint density at radius 2 is 2.14 bits per heavy atom. The van der Waals surface area contributed by atoms with Gasteiger partial charge in [-0.05, 0) is 34.2 Å². The number of aromatic nitrogens is 1. The molecule has 0 aliphatic rings. The minimum Gasteiger partial charge on any atom is -0.357 e. The molecule has 0 radical (unpaired) electrons. The lowest BCUT2D eigenvalue weighted by molar-refractivity contribution is 0.240. The van der Waals surface area contributed by atoms with Gasteiger partial charge in [-0.2, -0.15) is 0 Å². The Bertz CT molecular complexity index is 455. The smallest absolute Gasteiger partial charge is 0.194 e. The fraction of sp³-hybridized carbons (Fsp3) is 0.750. The summed E-state index contributed by atoms with van der Waals surface area (Å²) in [6.07, 6.45) is 0. The second kappa shape index (κ2) is 9.79. The van der Waals surface area contributed by atoms with E-state index in [0.29, 0.717) is 6.04 Å². The average molecular weight is 326 g/mol. The zero-order valence-electron chi connectivity index (χ0n) is 14.9. The molecule has 0 spiro atoms. The fourth-order valence-electron chi connectivity index (χ4n) is 2.33. The van der Waals surface area contributed by atoms with Crippen LogP contribution < -0.4 is 5.32 Å². The normalized spacial score (nSPS) is 12.3. The van der Waals surface area contributed by atoms with Crippen molar-refractivity contribution in [2.45, 2.75) is 47.2 Å². The second-order valence-corrected chi connectivity index (χ2v) is 6.73. The zero-order chi connectivity index (χ0) is 16.5. The SMILES string of the molecule is CCNC(=NCCN(CC)C(C)C)N(C)Cc1csc(C)n1. The van der Waals surface area contributed by atoms with Crippen LogP contribution in [0, 0.1) is 6.92 Å². The van der Waals surface area contributed by atoms with Gasteiger partial charge in [0.05, 0.1) is 23.8 Å². The molecule has 0 atom stereocenters. The summed E-state index contributed by atoms with van der Waals surface area (Å²) in [4.78, 5) is 13.8. The van der Waals surface area contributed by atoms with E-state index in [1.165, 1.54) is 0 Å². The van der Waals surface area contributed by atoms with Gasteiger partial charge in [0.25, 0.3) is 0 Å². The highest BCUT2D eigenvalue weighted by atomic mass is 32.1. The number of hydrogen-bond donors (Lipinski definition) is 1. The summed E-state index contributed by atoms with van der Waals surface area (Å²) in [5.41, 5.74) is 1.10. The van der Waals surface area contributed by atoms with Crippen LogP contribution in [0.4, 0.5) is 0 Å². The number of likely N-dealkylation sites (N-methyl/N-ethyl adjacent to an activating group) is 1. The Kier molecular flexibility index (Phi) is 8.42. The molecular formula is C16H31N5S. The number of aliphatic imine (C=N–C) groups is 1. The van der Waals surface area contributed by atoms with Gasteiger partial charge in [0.2, 0.25) is 0 Å². The van der Waals surface area contributed by atoms with E-state index in [4.69, 9.17) is 4.99 Å². The largest absolute Gasteiger partial charge is 0.357 e. The number of hydrogen-bond acceptors (Lipinski definition) is 4. The molecule has 0 aliphatic carbocycles. The van der Waals surface area contributed by atoms with Crippen molar-refractivity contribution in [2.24, 2.45) is 4.99 Å². The minimum atomic E-state index is 0.568. The molecule has 1 heterocycles. The van der Waals surface area contributed by atoms with Crippen LogP contribution in [-0.4, -0.2) is 60.0 Å². The first-order valence-corrected chi connectivity index (χ1v) is 9.00. The highest BCUT2D eigenvalue weighted by molar-refractivity contribution is 7.09. The Morgan fingerprint density at radius 3 is 2.64 bits per heavy atom. The first-order chi connectivity index (χ1) is 10.5. The van der Waals surface area contributed by atoms with Gasteiger partial charge in [0.1, 0.15) is 0 Å². The summed E-state index contributed by atoms with van der Waals surface area (Å²) in [7, 11) is 2.07. The average Bonchev–Trinajstić information content (AvgIpc) is 2.87. The van der Waals surface area contributed by atoms with E-state index in [0.717, 1.165) is 49.4 Å². The first kappa shape index (κ1) is 18.9. The maximum atomic E-state index is 4.75.